The third kappa shape index (κ3) is 5.73. The van der Waals surface area contributed by atoms with Gasteiger partial charge < -0.3 is 10.0 Å². The number of hydrogen-bond donors (Lipinski definition) is 2. The van der Waals surface area contributed by atoms with Crippen molar-refractivity contribution in [1.82, 2.24) is 10.2 Å². The van der Waals surface area contributed by atoms with Crippen LogP contribution in [0.2, 0.25) is 5.02 Å². The number of carbonyl (C=O) groups excluding carboxylic acids is 1. The van der Waals surface area contributed by atoms with Gasteiger partial charge in [0.05, 0.1) is 6.54 Å². The Morgan fingerprint density at radius 3 is 2.57 bits per heavy atom. The summed E-state index contributed by atoms with van der Waals surface area (Å²) in [6.07, 6.45) is 0. The molecule has 0 heterocycles. The molecule has 2 N–H and O–H groups in total. The number of nitrogens with one attached hydrogen (secondary N) is 1. The first-order valence-electron chi connectivity index (χ1n) is 6.76. The topological polar surface area (TPSA) is 69.6 Å². The molecule has 0 aliphatic heterocycles. The standard InChI is InChI=1S/C15H21ClN2O3/c1-10(2)14(15(20)21)17-8-13(19)18(3)9-11-5-4-6-12(16)7-11/h4-7,10,14,17H,8-9H2,1-3H3,(H,20,21). The minimum absolute atomic E-state index is 0.00773. The fraction of sp³-hybridized carbons (Fsp3) is 0.467. The summed E-state index contributed by atoms with van der Waals surface area (Å²) in [5.41, 5.74) is 0.928. The molecule has 0 fully saturated rings. The fourth-order valence-electron chi connectivity index (χ4n) is 1.94. The number of halogens is 1. The maximum atomic E-state index is 12.0. The summed E-state index contributed by atoms with van der Waals surface area (Å²) in [6.45, 7) is 4.02. The van der Waals surface area contributed by atoms with Crippen LogP contribution >= 0.6 is 11.6 Å². The maximum Gasteiger partial charge on any atom is 0.320 e. The molecule has 1 aromatic carbocycles. The van der Waals surface area contributed by atoms with Crippen molar-refractivity contribution >= 4 is 23.5 Å². The van der Waals surface area contributed by atoms with Gasteiger partial charge in [0.2, 0.25) is 5.91 Å². The van der Waals surface area contributed by atoms with E-state index in [0.717, 1.165) is 5.56 Å². The number of carboxylic acid groups (broad SMARTS) is 1. The number of carboxylic acids is 1. The van der Waals surface area contributed by atoms with E-state index in [9.17, 15) is 9.59 Å². The minimum atomic E-state index is -0.949. The third-order valence-corrected chi connectivity index (χ3v) is 3.38. The van der Waals surface area contributed by atoms with E-state index in [-0.39, 0.29) is 18.4 Å². The predicted molar refractivity (Wildman–Crippen MR) is 82.2 cm³/mol. The van der Waals surface area contributed by atoms with Gasteiger partial charge >= 0.3 is 5.97 Å². The second kappa shape index (κ2) is 8.00. The smallest absolute Gasteiger partial charge is 0.320 e. The molecular weight excluding hydrogens is 292 g/mol. The average molecular weight is 313 g/mol. The first kappa shape index (κ1) is 17.5. The van der Waals surface area contributed by atoms with Gasteiger partial charge in [0, 0.05) is 18.6 Å². The van der Waals surface area contributed by atoms with Crippen LogP contribution < -0.4 is 5.32 Å². The molecule has 0 aliphatic carbocycles. The summed E-state index contributed by atoms with van der Waals surface area (Å²) in [5.74, 6) is -1.20. The van der Waals surface area contributed by atoms with Gasteiger partial charge in [0.1, 0.15) is 6.04 Å². The summed E-state index contributed by atoms with van der Waals surface area (Å²) >= 11 is 5.90. The quantitative estimate of drug-likeness (QED) is 0.808. The molecule has 0 radical (unpaired) electrons. The molecule has 1 atom stereocenters. The van der Waals surface area contributed by atoms with E-state index in [1.807, 2.05) is 12.1 Å². The van der Waals surface area contributed by atoms with Gasteiger partial charge in [-0.1, -0.05) is 37.6 Å². The van der Waals surface area contributed by atoms with Crippen LogP contribution in [0.1, 0.15) is 19.4 Å². The highest BCUT2D eigenvalue weighted by molar-refractivity contribution is 6.30. The highest BCUT2D eigenvalue weighted by atomic mass is 35.5. The SMILES string of the molecule is CC(C)C(NCC(=O)N(C)Cc1cccc(Cl)c1)C(=O)O. The van der Waals surface area contributed by atoms with E-state index < -0.39 is 12.0 Å². The van der Waals surface area contributed by atoms with Crippen LogP contribution in [0.5, 0.6) is 0 Å². The molecule has 0 bridgehead atoms. The lowest BCUT2D eigenvalue weighted by atomic mass is 10.1. The molecule has 0 aromatic heterocycles. The lowest BCUT2D eigenvalue weighted by Gasteiger charge is -2.21. The Morgan fingerprint density at radius 2 is 2.05 bits per heavy atom. The van der Waals surface area contributed by atoms with Crippen molar-refractivity contribution in [3.63, 3.8) is 0 Å². The minimum Gasteiger partial charge on any atom is -0.480 e. The number of benzene rings is 1. The van der Waals surface area contributed by atoms with Gasteiger partial charge in [-0.15, -0.1) is 0 Å². The van der Waals surface area contributed by atoms with Crippen LogP contribution in [-0.4, -0.2) is 41.5 Å². The Hall–Kier alpha value is -1.59. The summed E-state index contributed by atoms with van der Waals surface area (Å²) < 4.78 is 0. The van der Waals surface area contributed by atoms with Crippen molar-refractivity contribution in [2.45, 2.75) is 26.4 Å². The molecule has 116 valence electrons. The molecule has 1 amide bonds. The Kier molecular flexibility index (Phi) is 6.65. The van der Waals surface area contributed by atoms with Crippen LogP contribution in [0.3, 0.4) is 0 Å². The van der Waals surface area contributed by atoms with E-state index in [1.54, 1.807) is 33.0 Å². The molecule has 21 heavy (non-hydrogen) atoms. The van der Waals surface area contributed by atoms with E-state index in [1.165, 1.54) is 4.90 Å². The largest absolute Gasteiger partial charge is 0.480 e. The van der Waals surface area contributed by atoms with Gasteiger partial charge in [0.25, 0.3) is 0 Å². The van der Waals surface area contributed by atoms with Crippen molar-refractivity contribution in [2.75, 3.05) is 13.6 Å². The number of carbonyl (C=O) groups is 2. The zero-order valence-corrected chi connectivity index (χ0v) is 13.2. The van der Waals surface area contributed by atoms with E-state index in [4.69, 9.17) is 16.7 Å². The number of rotatable bonds is 7. The predicted octanol–water partition coefficient (Wildman–Crippen LogP) is 2.00. The monoisotopic (exact) mass is 312 g/mol. The van der Waals surface area contributed by atoms with Crippen molar-refractivity contribution in [3.05, 3.63) is 34.9 Å². The molecular formula is C15H21ClN2O3. The first-order valence-corrected chi connectivity index (χ1v) is 7.13. The lowest BCUT2D eigenvalue weighted by molar-refractivity contribution is -0.141. The number of likely N-dealkylation sites (N-methyl/N-ethyl adjacent to an activating group) is 1. The molecule has 5 nitrogen and oxygen atoms in total. The number of aliphatic carboxylic acids is 1. The van der Waals surface area contributed by atoms with Crippen LogP contribution in [0, 0.1) is 5.92 Å². The van der Waals surface area contributed by atoms with Crippen molar-refractivity contribution in [1.29, 1.82) is 0 Å². The van der Waals surface area contributed by atoms with Gasteiger partial charge in [-0.2, -0.15) is 0 Å². The highest BCUT2D eigenvalue weighted by Gasteiger charge is 2.22. The van der Waals surface area contributed by atoms with E-state index in [2.05, 4.69) is 5.32 Å². The zero-order chi connectivity index (χ0) is 16.0. The molecule has 1 aromatic rings. The van der Waals surface area contributed by atoms with Crippen LogP contribution in [-0.2, 0) is 16.1 Å². The second-order valence-corrected chi connectivity index (χ2v) is 5.76. The van der Waals surface area contributed by atoms with Gasteiger partial charge in [-0.3, -0.25) is 14.9 Å². The van der Waals surface area contributed by atoms with Crippen molar-refractivity contribution in [3.8, 4) is 0 Å². The Labute approximate surface area is 129 Å². The molecule has 0 aliphatic rings. The summed E-state index contributed by atoms with van der Waals surface area (Å²) in [5, 5.41) is 12.5. The Morgan fingerprint density at radius 1 is 1.38 bits per heavy atom. The van der Waals surface area contributed by atoms with Crippen molar-refractivity contribution in [2.24, 2.45) is 5.92 Å². The van der Waals surface area contributed by atoms with Gasteiger partial charge in [-0.25, -0.2) is 0 Å². The first-order chi connectivity index (χ1) is 9.81. The third-order valence-electron chi connectivity index (χ3n) is 3.14. The van der Waals surface area contributed by atoms with Crippen LogP contribution in [0.15, 0.2) is 24.3 Å². The molecule has 0 saturated heterocycles. The molecule has 6 heteroatoms. The van der Waals surface area contributed by atoms with Crippen LogP contribution in [0.25, 0.3) is 0 Å². The van der Waals surface area contributed by atoms with Crippen molar-refractivity contribution < 1.29 is 14.7 Å². The Balaban J connectivity index is 2.53. The Bertz CT molecular complexity index is 505. The molecule has 0 spiro atoms. The normalized spacial score (nSPS) is 12.2. The molecule has 0 saturated carbocycles. The molecule has 1 unspecified atom stereocenters. The zero-order valence-electron chi connectivity index (χ0n) is 12.5. The maximum absolute atomic E-state index is 12.0. The summed E-state index contributed by atoms with van der Waals surface area (Å²) in [7, 11) is 1.68. The van der Waals surface area contributed by atoms with E-state index in [0.29, 0.717) is 11.6 Å². The summed E-state index contributed by atoms with van der Waals surface area (Å²) in [4.78, 5) is 24.6. The average Bonchev–Trinajstić information content (AvgIpc) is 2.37. The lowest BCUT2D eigenvalue weighted by Crippen LogP contribution is -2.46. The number of hydrogen-bond acceptors (Lipinski definition) is 3. The number of nitrogens with zero attached hydrogens (tertiary/aromatic N) is 1. The van der Waals surface area contributed by atoms with Crippen LogP contribution in [0.4, 0.5) is 0 Å². The highest BCUT2D eigenvalue weighted by Crippen LogP contribution is 2.12. The van der Waals surface area contributed by atoms with E-state index >= 15 is 0 Å². The second-order valence-electron chi connectivity index (χ2n) is 5.32. The molecule has 1 rings (SSSR count). The van der Waals surface area contributed by atoms with Gasteiger partial charge in [-0.05, 0) is 23.6 Å². The fourth-order valence-corrected chi connectivity index (χ4v) is 2.15. The van der Waals surface area contributed by atoms with Gasteiger partial charge in [0.15, 0.2) is 0 Å². The number of amides is 1. The summed E-state index contributed by atoms with van der Waals surface area (Å²) in [6, 6.07) is 6.56.